The first-order valence-corrected chi connectivity index (χ1v) is 9.22. The maximum Gasteiger partial charge on any atom is 0.225 e. The van der Waals surface area contributed by atoms with Crippen molar-refractivity contribution < 1.29 is 8.42 Å². The third kappa shape index (κ3) is 4.06. The summed E-state index contributed by atoms with van der Waals surface area (Å²) in [6.07, 6.45) is 0.673. The Labute approximate surface area is 126 Å². The lowest BCUT2D eigenvalue weighted by Crippen LogP contribution is -2.37. The summed E-state index contributed by atoms with van der Waals surface area (Å²) in [4.78, 5) is 11.0. The van der Waals surface area contributed by atoms with Gasteiger partial charge in [0.05, 0.1) is 11.5 Å². The highest BCUT2D eigenvalue weighted by Crippen LogP contribution is 2.24. The van der Waals surface area contributed by atoms with E-state index in [1.165, 1.54) is 0 Å². The van der Waals surface area contributed by atoms with Crippen molar-refractivity contribution in [3.8, 4) is 0 Å². The first-order chi connectivity index (χ1) is 9.80. The minimum atomic E-state index is -2.90. The third-order valence-corrected chi connectivity index (χ3v) is 5.29. The van der Waals surface area contributed by atoms with E-state index < -0.39 is 9.84 Å². The minimum Gasteiger partial charge on any atom is -0.353 e. The standard InChI is InChI=1S/C14H24N4O2S/c1-5-18(12-6-7-21(19,20)9-12)13-8-11(4)16-14(17-13)15-10(2)3/h8,10,12H,5-7,9H2,1-4H3,(H,15,16,17). The van der Waals surface area contributed by atoms with E-state index in [0.29, 0.717) is 12.4 Å². The van der Waals surface area contributed by atoms with Crippen molar-refractivity contribution in [3.05, 3.63) is 11.8 Å². The van der Waals surface area contributed by atoms with Crippen molar-refractivity contribution in [1.29, 1.82) is 0 Å². The summed E-state index contributed by atoms with van der Waals surface area (Å²) in [7, 11) is -2.90. The van der Waals surface area contributed by atoms with Crippen molar-refractivity contribution in [1.82, 2.24) is 9.97 Å². The normalized spacial score (nSPS) is 20.7. The van der Waals surface area contributed by atoms with Crippen LogP contribution < -0.4 is 10.2 Å². The summed E-state index contributed by atoms with van der Waals surface area (Å²) in [5.41, 5.74) is 0.877. The molecule has 0 spiro atoms. The second-order valence-electron chi connectivity index (χ2n) is 5.83. The molecule has 21 heavy (non-hydrogen) atoms. The van der Waals surface area contributed by atoms with E-state index in [1.807, 2.05) is 33.8 Å². The van der Waals surface area contributed by atoms with Gasteiger partial charge in [0.1, 0.15) is 5.82 Å². The lowest BCUT2D eigenvalue weighted by molar-refractivity contribution is 0.599. The third-order valence-electron chi connectivity index (χ3n) is 3.54. The van der Waals surface area contributed by atoms with E-state index in [0.717, 1.165) is 18.1 Å². The van der Waals surface area contributed by atoms with E-state index in [1.54, 1.807) is 0 Å². The Balaban J connectivity index is 2.27. The summed E-state index contributed by atoms with van der Waals surface area (Å²) in [5, 5.41) is 3.20. The Morgan fingerprint density at radius 2 is 2.14 bits per heavy atom. The number of anilines is 2. The zero-order chi connectivity index (χ0) is 15.6. The second kappa shape index (κ2) is 6.17. The smallest absolute Gasteiger partial charge is 0.225 e. The SMILES string of the molecule is CCN(c1cc(C)nc(NC(C)C)n1)C1CCS(=O)(=O)C1. The average Bonchev–Trinajstić information content (AvgIpc) is 2.69. The molecule has 0 saturated carbocycles. The Morgan fingerprint density at radius 1 is 1.43 bits per heavy atom. The van der Waals surface area contributed by atoms with Gasteiger partial charge in [-0.25, -0.2) is 13.4 Å². The fourth-order valence-electron chi connectivity index (χ4n) is 2.65. The van der Waals surface area contributed by atoms with Crippen LogP contribution in [0.5, 0.6) is 0 Å². The zero-order valence-electron chi connectivity index (χ0n) is 13.1. The molecule has 1 saturated heterocycles. The van der Waals surface area contributed by atoms with Gasteiger partial charge in [-0.05, 0) is 34.1 Å². The molecule has 6 nitrogen and oxygen atoms in total. The van der Waals surface area contributed by atoms with Gasteiger partial charge in [-0.3, -0.25) is 0 Å². The highest BCUT2D eigenvalue weighted by Gasteiger charge is 2.32. The topological polar surface area (TPSA) is 75.2 Å². The van der Waals surface area contributed by atoms with Crippen LogP contribution in [0.1, 0.15) is 32.9 Å². The largest absolute Gasteiger partial charge is 0.353 e. The average molecular weight is 312 g/mol. The number of hydrogen-bond acceptors (Lipinski definition) is 6. The number of aromatic nitrogens is 2. The first-order valence-electron chi connectivity index (χ1n) is 7.40. The number of nitrogens with zero attached hydrogens (tertiary/aromatic N) is 3. The predicted molar refractivity (Wildman–Crippen MR) is 85.6 cm³/mol. The molecule has 1 unspecified atom stereocenters. The minimum absolute atomic E-state index is 0.0150. The molecular weight excluding hydrogens is 288 g/mol. The van der Waals surface area contributed by atoms with Crippen molar-refractivity contribution in [2.45, 2.75) is 46.2 Å². The second-order valence-corrected chi connectivity index (χ2v) is 8.06. The van der Waals surface area contributed by atoms with Crippen molar-refractivity contribution >= 4 is 21.6 Å². The van der Waals surface area contributed by atoms with Crippen LogP contribution in [0.25, 0.3) is 0 Å². The Bertz CT molecular complexity index is 601. The van der Waals surface area contributed by atoms with Crippen LogP contribution in [-0.2, 0) is 9.84 Å². The molecule has 0 amide bonds. The van der Waals surface area contributed by atoms with Crippen LogP contribution in [0.2, 0.25) is 0 Å². The quantitative estimate of drug-likeness (QED) is 0.890. The molecule has 7 heteroatoms. The highest BCUT2D eigenvalue weighted by atomic mass is 32.2. The molecule has 2 rings (SSSR count). The van der Waals surface area contributed by atoms with Crippen LogP contribution in [0.3, 0.4) is 0 Å². The van der Waals surface area contributed by atoms with Gasteiger partial charge >= 0.3 is 0 Å². The lowest BCUT2D eigenvalue weighted by Gasteiger charge is -2.28. The Kier molecular flexibility index (Phi) is 4.70. The monoisotopic (exact) mass is 312 g/mol. The fourth-order valence-corrected chi connectivity index (χ4v) is 4.38. The van der Waals surface area contributed by atoms with E-state index in [9.17, 15) is 8.42 Å². The molecule has 118 valence electrons. The molecular formula is C14H24N4O2S. The summed E-state index contributed by atoms with van der Waals surface area (Å²) in [5.74, 6) is 1.89. The highest BCUT2D eigenvalue weighted by molar-refractivity contribution is 7.91. The zero-order valence-corrected chi connectivity index (χ0v) is 13.9. The molecule has 2 heterocycles. The van der Waals surface area contributed by atoms with Crippen LogP contribution in [0, 0.1) is 6.92 Å². The van der Waals surface area contributed by atoms with Crippen LogP contribution in [-0.4, -0.2) is 48.5 Å². The van der Waals surface area contributed by atoms with Gasteiger partial charge in [0.15, 0.2) is 9.84 Å². The molecule has 1 aromatic heterocycles. The first kappa shape index (κ1) is 16.0. The van der Waals surface area contributed by atoms with Gasteiger partial charge in [0.2, 0.25) is 5.95 Å². The maximum absolute atomic E-state index is 11.7. The van der Waals surface area contributed by atoms with Gasteiger partial charge in [0.25, 0.3) is 0 Å². The van der Waals surface area contributed by atoms with Gasteiger partial charge in [-0.2, -0.15) is 4.98 Å². The number of hydrogen-bond donors (Lipinski definition) is 1. The van der Waals surface area contributed by atoms with Gasteiger partial charge in [-0.15, -0.1) is 0 Å². The molecule has 0 bridgehead atoms. The van der Waals surface area contributed by atoms with Crippen molar-refractivity contribution in [2.75, 3.05) is 28.3 Å². The van der Waals surface area contributed by atoms with Crippen LogP contribution in [0.4, 0.5) is 11.8 Å². The maximum atomic E-state index is 11.7. The van der Waals surface area contributed by atoms with Gasteiger partial charge < -0.3 is 10.2 Å². The molecule has 0 radical (unpaired) electrons. The van der Waals surface area contributed by atoms with Crippen LogP contribution in [0.15, 0.2) is 6.07 Å². The molecule has 1 atom stereocenters. The Hall–Kier alpha value is -1.37. The fraction of sp³-hybridized carbons (Fsp3) is 0.714. The summed E-state index contributed by atoms with van der Waals surface area (Å²) in [6, 6.07) is 2.18. The predicted octanol–water partition coefficient (Wildman–Crippen LogP) is 1.62. The number of rotatable bonds is 5. The number of sulfone groups is 1. The molecule has 1 aliphatic rings. The molecule has 1 N–H and O–H groups in total. The van der Waals surface area contributed by atoms with Crippen molar-refractivity contribution in [2.24, 2.45) is 0 Å². The van der Waals surface area contributed by atoms with Crippen LogP contribution >= 0.6 is 0 Å². The summed E-state index contributed by atoms with van der Waals surface area (Å²) in [6.45, 7) is 8.75. The summed E-state index contributed by atoms with van der Waals surface area (Å²) < 4.78 is 23.4. The van der Waals surface area contributed by atoms with E-state index in [4.69, 9.17) is 0 Å². The van der Waals surface area contributed by atoms with E-state index >= 15 is 0 Å². The Morgan fingerprint density at radius 3 is 2.67 bits per heavy atom. The molecule has 0 aromatic carbocycles. The lowest BCUT2D eigenvalue weighted by atomic mass is 10.2. The van der Waals surface area contributed by atoms with Gasteiger partial charge in [-0.1, -0.05) is 0 Å². The molecule has 1 aromatic rings. The van der Waals surface area contributed by atoms with Gasteiger partial charge in [0, 0.05) is 30.4 Å². The van der Waals surface area contributed by atoms with E-state index in [2.05, 4.69) is 20.2 Å². The molecule has 0 aliphatic carbocycles. The molecule has 1 fully saturated rings. The van der Waals surface area contributed by atoms with Crippen molar-refractivity contribution in [3.63, 3.8) is 0 Å². The number of nitrogens with one attached hydrogen (secondary N) is 1. The molecule has 1 aliphatic heterocycles. The number of aryl methyl sites for hydroxylation is 1. The van der Waals surface area contributed by atoms with E-state index in [-0.39, 0.29) is 23.6 Å². The summed E-state index contributed by atoms with van der Waals surface area (Å²) >= 11 is 0.